The molecule has 0 amide bonds. The molecule has 166 valence electrons. The topological polar surface area (TPSA) is 52.6 Å². The first-order valence-corrected chi connectivity index (χ1v) is 10.6. The fourth-order valence-electron chi connectivity index (χ4n) is 3.25. The summed E-state index contributed by atoms with van der Waals surface area (Å²) >= 11 is 0.983. The van der Waals surface area contributed by atoms with Gasteiger partial charge in [-0.1, -0.05) is 30.3 Å². The van der Waals surface area contributed by atoms with Crippen LogP contribution in [-0.4, -0.2) is 41.5 Å². The number of piperidine rings is 1. The van der Waals surface area contributed by atoms with Crippen LogP contribution >= 0.6 is 35.3 Å². The second kappa shape index (κ2) is 11.8. The minimum Gasteiger partial charge on any atom is -0.357 e. The number of rotatable bonds is 6. The third-order valence-electron chi connectivity index (χ3n) is 4.74. The summed E-state index contributed by atoms with van der Waals surface area (Å²) in [6, 6.07) is 10.7. The van der Waals surface area contributed by atoms with Crippen molar-refractivity contribution in [1.29, 1.82) is 0 Å². The van der Waals surface area contributed by atoms with E-state index in [0.29, 0.717) is 23.6 Å². The molecule has 0 saturated carbocycles. The van der Waals surface area contributed by atoms with Crippen molar-refractivity contribution >= 4 is 41.3 Å². The van der Waals surface area contributed by atoms with Gasteiger partial charge in [-0.25, -0.2) is 9.98 Å². The maximum atomic E-state index is 12.7. The Bertz CT molecular complexity index is 789. The number of hydrogen-bond donors (Lipinski definition) is 2. The van der Waals surface area contributed by atoms with Gasteiger partial charge in [0.1, 0.15) is 5.01 Å². The molecule has 30 heavy (non-hydrogen) atoms. The zero-order valence-corrected chi connectivity index (χ0v) is 19.9. The van der Waals surface area contributed by atoms with Gasteiger partial charge >= 0.3 is 6.18 Å². The molecule has 0 radical (unpaired) electrons. The number of halogens is 4. The third-order valence-corrected chi connectivity index (χ3v) is 5.57. The van der Waals surface area contributed by atoms with Crippen molar-refractivity contribution in [2.45, 2.75) is 45.1 Å². The number of aromatic nitrogens is 1. The zero-order chi connectivity index (χ0) is 20.7. The summed E-state index contributed by atoms with van der Waals surface area (Å²) < 4.78 is 38.0. The van der Waals surface area contributed by atoms with Gasteiger partial charge in [-0.05, 0) is 25.3 Å². The molecule has 1 aliphatic heterocycles. The molecule has 10 heteroatoms. The molecule has 0 bridgehead atoms. The Morgan fingerprint density at radius 2 is 1.93 bits per heavy atom. The standard InChI is InChI=1S/C20H26F3N5S.HI/c1-2-24-19(25-12-18-27-17(14-29-18)20(21,22)23)26-16-8-10-28(11-9-16)13-15-6-4-3-5-7-15;/h3-7,14,16H,2,8-13H2,1H3,(H2,24,25,26);1H. The minimum absolute atomic E-state index is 0. The molecule has 1 fully saturated rings. The molecule has 1 aliphatic rings. The molecule has 2 aromatic rings. The van der Waals surface area contributed by atoms with Gasteiger partial charge in [0.2, 0.25) is 0 Å². The molecule has 1 saturated heterocycles. The number of aliphatic imine (C=N–C) groups is 1. The van der Waals surface area contributed by atoms with E-state index in [9.17, 15) is 13.2 Å². The van der Waals surface area contributed by atoms with Gasteiger partial charge in [0.15, 0.2) is 11.7 Å². The van der Waals surface area contributed by atoms with Crippen LogP contribution in [0.25, 0.3) is 0 Å². The zero-order valence-electron chi connectivity index (χ0n) is 16.8. The summed E-state index contributed by atoms with van der Waals surface area (Å²) in [4.78, 5) is 10.5. The Labute approximate surface area is 196 Å². The summed E-state index contributed by atoms with van der Waals surface area (Å²) in [5.74, 6) is 0.623. The highest BCUT2D eigenvalue weighted by Crippen LogP contribution is 2.30. The molecule has 1 aromatic carbocycles. The maximum absolute atomic E-state index is 12.7. The number of benzene rings is 1. The van der Waals surface area contributed by atoms with Crippen LogP contribution in [0.4, 0.5) is 13.2 Å². The van der Waals surface area contributed by atoms with Crippen LogP contribution in [0.1, 0.15) is 36.0 Å². The van der Waals surface area contributed by atoms with E-state index in [1.165, 1.54) is 5.56 Å². The predicted octanol–water partition coefficient (Wildman–Crippen LogP) is 4.50. The Morgan fingerprint density at radius 3 is 2.53 bits per heavy atom. The third kappa shape index (κ3) is 7.69. The van der Waals surface area contributed by atoms with Gasteiger partial charge in [-0.3, -0.25) is 4.90 Å². The van der Waals surface area contributed by atoms with Crippen LogP contribution in [0.3, 0.4) is 0 Å². The van der Waals surface area contributed by atoms with Crippen molar-refractivity contribution in [2.24, 2.45) is 4.99 Å². The first-order valence-electron chi connectivity index (χ1n) is 9.76. The molecule has 2 heterocycles. The molecule has 5 nitrogen and oxygen atoms in total. The molecular weight excluding hydrogens is 526 g/mol. The van der Waals surface area contributed by atoms with E-state index in [1.807, 2.05) is 13.0 Å². The summed E-state index contributed by atoms with van der Waals surface area (Å²) in [7, 11) is 0. The van der Waals surface area contributed by atoms with Crippen LogP contribution in [0, 0.1) is 0 Å². The number of nitrogens with one attached hydrogen (secondary N) is 2. The van der Waals surface area contributed by atoms with E-state index >= 15 is 0 Å². The number of thiazole rings is 1. The lowest BCUT2D eigenvalue weighted by atomic mass is 10.0. The monoisotopic (exact) mass is 553 g/mol. The lowest BCUT2D eigenvalue weighted by Crippen LogP contribution is -2.48. The second-order valence-corrected chi connectivity index (χ2v) is 7.94. The molecule has 0 spiro atoms. The van der Waals surface area contributed by atoms with E-state index in [0.717, 1.165) is 49.2 Å². The summed E-state index contributed by atoms with van der Waals surface area (Å²) in [5.41, 5.74) is 0.465. The van der Waals surface area contributed by atoms with Gasteiger partial charge in [0.05, 0.1) is 6.54 Å². The van der Waals surface area contributed by atoms with Gasteiger partial charge in [0, 0.05) is 37.6 Å². The number of nitrogens with zero attached hydrogens (tertiary/aromatic N) is 3. The summed E-state index contributed by atoms with van der Waals surface area (Å²) in [5, 5.41) is 7.97. The predicted molar refractivity (Wildman–Crippen MR) is 125 cm³/mol. The molecule has 2 N–H and O–H groups in total. The average Bonchev–Trinajstić information content (AvgIpc) is 3.18. The Morgan fingerprint density at radius 1 is 1.23 bits per heavy atom. The molecule has 0 unspecified atom stereocenters. The van der Waals surface area contributed by atoms with Gasteiger partial charge in [-0.2, -0.15) is 13.2 Å². The Hall–Kier alpha value is -1.40. The van der Waals surface area contributed by atoms with Gasteiger partial charge in [-0.15, -0.1) is 35.3 Å². The average molecular weight is 553 g/mol. The molecule has 0 atom stereocenters. The van der Waals surface area contributed by atoms with Crippen molar-refractivity contribution in [3.8, 4) is 0 Å². The van der Waals surface area contributed by atoms with Gasteiger partial charge in [0.25, 0.3) is 0 Å². The number of alkyl halides is 3. The quantitative estimate of drug-likeness (QED) is 0.315. The lowest BCUT2D eigenvalue weighted by Gasteiger charge is -2.33. The normalized spacial score (nSPS) is 16.2. The number of guanidine groups is 1. The smallest absolute Gasteiger partial charge is 0.357 e. The van der Waals surface area contributed by atoms with E-state index in [-0.39, 0.29) is 30.5 Å². The van der Waals surface area contributed by atoms with Crippen molar-refractivity contribution in [3.63, 3.8) is 0 Å². The van der Waals surface area contributed by atoms with E-state index in [2.05, 4.69) is 49.8 Å². The van der Waals surface area contributed by atoms with Crippen molar-refractivity contribution in [2.75, 3.05) is 19.6 Å². The first kappa shape index (κ1) is 24.9. The van der Waals surface area contributed by atoms with Crippen LogP contribution in [0.15, 0.2) is 40.7 Å². The fraction of sp³-hybridized carbons (Fsp3) is 0.500. The minimum atomic E-state index is -4.41. The van der Waals surface area contributed by atoms with Crippen molar-refractivity contribution in [3.05, 3.63) is 52.0 Å². The van der Waals surface area contributed by atoms with E-state index < -0.39 is 11.9 Å². The number of hydrogen-bond acceptors (Lipinski definition) is 4. The molecular formula is C20H27F3IN5S. The van der Waals surface area contributed by atoms with Crippen LogP contribution in [0.5, 0.6) is 0 Å². The van der Waals surface area contributed by atoms with Gasteiger partial charge < -0.3 is 10.6 Å². The largest absolute Gasteiger partial charge is 0.434 e. The molecule has 3 rings (SSSR count). The molecule has 1 aromatic heterocycles. The lowest BCUT2D eigenvalue weighted by molar-refractivity contribution is -0.140. The van der Waals surface area contributed by atoms with Crippen molar-refractivity contribution < 1.29 is 13.2 Å². The second-order valence-electron chi connectivity index (χ2n) is 7.00. The molecule has 0 aliphatic carbocycles. The van der Waals surface area contributed by atoms with Crippen molar-refractivity contribution in [1.82, 2.24) is 20.5 Å². The maximum Gasteiger partial charge on any atom is 0.434 e. The van der Waals surface area contributed by atoms with Crippen LogP contribution in [0.2, 0.25) is 0 Å². The van der Waals surface area contributed by atoms with E-state index in [4.69, 9.17) is 0 Å². The highest BCUT2D eigenvalue weighted by molar-refractivity contribution is 14.0. The van der Waals surface area contributed by atoms with Crippen LogP contribution in [-0.2, 0) is 19.3 Å². The first-order chi connectivity index (χ1) is 13.9. The Kier molecular flexibility index (Phi) is 9.82. The Balaban J connectivity index is 0.00000320. The van der Waals surface area contributed by atoms with Crippen LogP contribution < -0.4 is 10.6 Å². The summed E-state index contributed by atoms with van der Waals surface area (Å²) in [6.07, 6.45) is -2.42. The highest BCUT2D eigenvalue weighted by atomic mass is 127. The highest BCUT2D eigenvalue weighted by Gasteiger charge is 2.33. The summed E-state index contributed by atoms with van der Waals surface area (Å²) in [6.45, 7) is 5.71. The number of likely N-dealkylation sites (tertiary alicyclic amines) is 1. The SMILES string of the molecule is CCNC(=NCc1nc(C(F)(F)F)cs1)NC1CCN(Cc2ccccc2)CC1.I. The fourth-order valence-corrected chi connectivity index (χ4v) is 3.97. The van der Waals surface area contributed by atoms with E-state index in [1.54, 1.807) is 0 Å².